The van der Waals surface area contributed by atoms with Crippen LogP contribution in [0, 0.1) is 16.7 Å². The van der Waals surface area contributed by atoms with Crippen molar-refractivity contribution in [1.82, 2.24) is 25.0 Å². The lowest BCUT2D eigenvalue weighted by atomic mass is 9.57. The van der Waals surface area contributed by atoms with Gasteiger partial charge in [0.2, 0.25) is 17.7 Å². The predicted molar refractivity (Wildman–Crippen MR) is 215 cm³/mol. The molecule has 1 aliphatic carbocycles. The van der Waals surface area contributed by atoms with Gasteiger partial charge in [-0.15, -0.1) is 0 Å². The number of anilines is 2. The van der Waals surface area contributed by atoms with Gasteiger partial charge in [-0.3, -0.25) is 29.6 Å². The molecule has 3 N–H and O–H groups in total. The lowest BCUT2D eigenvalue weighted by Gasteiger charge is -2.50. The Hall–Kier alpha value is -6.04. The lowest BCUT2D eigenvalue weighted by Crippen LogP contribution is -2.60. The van der Waals surface area contributed by atoms with Crippen LogP contribution in [0.1, 0.15) is 70.7 Å². The van der Waals surface area contributed by atoms with E-state index in [4.69, 9.17) is 9.84 Å². The SMILES string of the molecule is CN1C(=O)C2CC(C)(C(=O)NCc3ccc(-n4nc(C(C)(C)C)cc4NC(=O)Nc4ccc(OCCc5ccncc5)c5ccccc45)cc3)CC(C)(C2)C1=O. The average Bonchev–Trinajstić information content (AvgIpc) is 3.61. The van der Waals surface area contributed by atoms with E-state index < -0.39 is 16.9 Å². The van der Waals surface area contributed by atoms with Crippen molar-refractivity contribution < 1.29 is 23.9 Å². The quantitative estimate of drug-likeness (QED) is 0.126. The topological polar surface area (TPSA) is 148 Å². The Labute approximate surface area is 327 Å². The van der Waals surface area contributed by atoms with Gasteiger partial charge in [0.1, 0.15) is 11.6 Å². The molecular formula is C44H49N7O5. The summed E-state index contributed by atoms with van der Waals surface area (Å²) in [5.74, 6) is 0.289. The number of rotatable bonds is 10. The predicted octanol–water partition coefficient (Wildman–Crippen LogP) is 7.41. The van der Waals surface area contributed by atoms with Gasteiger partial charge >= 0.3 is 6.03 Å². The van der Waals surface area contributed by atoms with E-state index in [2.05, 4.69) is 41.7 Å². The zero-order valence-electron chi connectivity index (χ0n) is 32.8. The van der Waals surface area contributed by atoms with Crippen LogP contribution in [-0.2, 0) is 32.8 Å². The van der Waals surface area contributed by atoms with Crippen molar-refractivity contribution in [1.29, 1.82) is 0 Å². The molecule has 2 aromatic heterocycles. The van der Waals surface area contributed by atoms with Crippen LogP contribution in [0.5, 0.6) is 5.75 Å². The number of piperidine rings is 1. The van der Waals surface area contributed by atoms with Gasteiger partial charge < -0.3 is 15.4 Å². The number of aromatic nitrogens is 3. The number of nitrogens with one attached hydrogen (secondary N) is 3. The first-order valence-corrected chi connectivity index (χ1v) is 19.1. The number of hydrogen-bond donors (Lipinski definition) is 3. The number of nitrogens with zero attached hydrogens (tertiary/aromatic N) is 4. The Bertz CT molecular complexity index is 2300. The first kappa shape index (κ1) is 38.2. The first-order chi connectivity index (χ1) is 26.6. The van der Waals surface area contributed by atoms with E-state index in [0.29, 0.717) is 37.4 Å². The first-order valence-electron chi connectivity index (χ1n) is 19.1. The molecule has 12 nitrogen and oxygen atoms in total. The molecule has 1 saturated heterocycles. The molecule has 3 aromatic carbocycles. The molecule has 2 aliphatic rings. The van der Waals surface area contributed by atoms with Gasteiger partial charge in [-0.2, -0.15) is 5.10 Å². The second-order valence-corrected chi connectivity index (χ2v) is 16.7. The summed E-state index contributed by atoms with van der Waals surface area (Å²) in [5.41, 5.74) is 2.29. The molecule has 56 heavy (non-hydrogen) atoms. The number of likely N-dealkylation sites (tertiary alicyclic amines) is 1. The number of imide groups is 1. The summed E-state index contributed by atoms with van der Waals surface area (Å²) < 4.78 is 7.87. The minimum atomic E-state index is -0.841. The summed E-state index contributed by atoms with van der Waals surface area (Å²) >= 11 is 0. The third-order valence-electron chi connectivity index (χ3n) is 11.1. The Balaban J connectivity index is 1.03. The minimum Gasteiger partial charge on any atom is -0.493 e. The number of fused-ring (bicyclic) bond motifs is 3. The van der Waals surface area contributed by atoms with Crippen LogP contribution in [0.25, 0.3) is 16.5 Å². The molecule has 3 heterocycles. The number of amides is 5. The van der Waals surface area contributed by atoms with Crippen LogP contribution < -0.4 is 20.7 Å². The third kappa shape index (κ3) is 7.73. The Morgan fingerprint density at radius 1 is 0.893 bits per heavy atom. The number of pyridine rings is 1. The highest BCUT2D eigenvalue weighted by molar-refractivity contribution is 6.07. The second-order valence-electron chi connectivity index (χ2n) is 16.7. The van der Waals surface area contributed by atoms with Crippen LogP contribution in [0.4, 0.5) is 16.3 Å². The van der Waals surface area contributed by atoms with Gasteiger partial charge in [-0.25, -0.2) is 9.48 Å². The lowest BCUT2D eigenvalue weighted by molar-refractivity contribution is -0.169. The molecule has 5 amide bonds. The highest BCUT2D eigenvalue weighted by atomic mass is 16.5. The second kappa shape index (κ2) is 14.9. The summed E-state index contributed by atoms with van der Waals surface area (Å²) in [5, 5.41) is 15.7. The Morgan fingerprint density at radius 3 is 2.32 bits per heavy atom. The highest BCUT2D eigenvalue weighted by Gasteiger charge is 2.57. The zero-order valence-corrected chi connectivity index (χ0v) is 32.8. The van der Waals surface area contributed by atoms with Crippen molar-refractivity contribution in [2.24, 2.45) is 16.7 Å². The van der Waals surface area contributed by atoms with Gasteiger partial charge in [0.25, 0.3) is 0 Å². The van der Waals surface area contributed by atoms with Crippen molar-refractivity contribution in [2.75, 3.05) is 24.3 Å². The standard InChI is InChI=1S/C44H49N7O5/c1-42(2,3)36-23-37(48-41(55)47-34-15-16-35(33-10-8-7-9-32(33)34)56-22-19-28-17-20-45-21-18-28)51(49-36)31-13-11-29(12-14-31)26-46-39(53)43(4)24-30-25-44(5,27-43)40(54)50(6)38(30)52/h7-18,20-21,23,30H,19,22,24-27H2,1-6H3,(H,46,53)(H2,47,48,55). The highest BCUT2D eigenvalue weighted by Crippen LogP contribution is 2.52. The van der Waals surface area contributed by atoms with Crippen LogP contribution in [0.2, 0.25) is 0 Å². The van der Waals surface area contributed by atoms with Crippen LogP contribution in [0.3, 0.4) is 0 Å². The fraction of sp³-hybridized carbons (Fsp3) is 0.364. The van der Waals surface area contributed by atoms with E-state index in [1.54, 1.807) is 17.1 Å². The molecular weight excluding hydrogens is 707 g/mol. The van der Waals surface area contributed by atoms with Crippen LogP contribution >= 0.6 is 0 Å². The molecule has 2 fully saturated rings. The van der Waals surface area contributed by atoms with Gasteiger partial charge in [-0.1, -0.05) is 71.0 Å². The summed E-state index contributed by atoms with van der Waals surface area (Å²) in [6.45, 7) is 10.7. The van der Waals surface area contributed by atoms with Gasteiger partial charge in [0.05, 0.1) is 23.7 Å². The van der Waals surface area contributed by atoms with E-state index in [-0.39, 0.29) is 35.6 Å². The minimum absolute atomic E-state index is 0.169. The van der Waals surface area contributed by atoms with Gasteiger partial charge in [-0.05, 0) is 66.8 Å². The number of urea groups is 1. The maximum absolute atomic E-state index is 13.6. The molecule has 2 bridgehead atoms. The maximum atomic E-state index is 13.6. The molecule has 1 aliphatic heterocycles. The van der Waals surface area contributed by atoms with Crippen LogP contribution in [-0.4, -0.2) is 57.1 Å². The molecule has 290 valence electrons. The monoisotopic (exact) mass is 755 g/mol. The van der Waals surface area contributed by atoms with E-state index in [0.717, 1.165) is 45.5 Å². The normalized spacial score (nSPS) is 20.8. The number of benzene rings is 3. The van der Waals surface area contributed by atoms with Crippen molar-refractivity contribution in [3.63, 3.8) is 0 Å². The average molecular weight is 756 g/mol. The molecule has 5 aromatic rings. The molecule has 3 atom stereocenters. The summed E-state index contributed by atoms with van der Waals surface area (Å²) in [7, 11) is 1.54. The molecule has 0 radical (unpaired) electrons. The fourth-order valence-electron chi connectivity index (χ4n) is 8.24. The molecule has 7 rings (SSSR count). The van der Waals surface area contributed by atoms with E-state index in [9.17, 15) is 19.2 Å². The van der Waals surface area contributed by atoms with Crippen molar-refractivity contribution in [2.45, 2.75) is 72.3 Å². The maximum Gasteiger partial charge on any atom is 0.324 e. The van der Waals surface area contributed by atoms with Crippen molar-refractivity contribution in [3.05, 3.63) is 108 Å². The molecule has 0 spiro atoms. The molecule has 12 heteroatoms. The number of carbonyl (C=O) groups is 4. The largest absolute Gasteiger partial charge is 0.493 e. The number of hydrogen-bond acceptors (Lipinski definition) is 7. The summed E-state index contributed by atoms with van der Waals surface area (Å²) in [4.78, 5) is 58.3. The summed E-state index contributed by atoms with van der Waals surface area (Å²) in [6.07, 6.45) is 5.57. The number of carbonyl (C=O) groups excluding carboxylic acids is 4. The van der Waals surface area contributed by atoms with E-state index in [1.165, 1.54) is 11.9 Å². The summed E-state index contributed by atoms with van der Waals surface area (Å²) in [6, 6.07) is 24.5. The smallest absolute Gasteiger partial charge is 0.324 e. The van der Waals surface area contributed by atoms with E-state index >= 15 is 0 Å². The van der Waals surface area contributed by atoms with Crippen molar-refractivity contribution in [3.8, 4) is 11.4 Å². The van der Waals surface area contributed by atoms with Gasteiger partial charge in [0, 0.05) is 71.4 Å². The van der Waals surface area contributed by atoms with Crippen LogP contribution in [0.15, 0.2) is 91.3 Å². The van der Waals surface area contributed by atoms with E-state index in [1.807, 2.05) is 92.7 Å². The third-order valence-corrected chi connectivity index (χ3v) is 11.1. The van der Waals surface area contributed by atoms with Crippen molar-refractivity contribution >= 4 is 46.0 Å². The van der Waals surface area contributed by atoms with Gasteiger partial charge in [0.15, 0.2) is 0 Å². The molecule has 3 unspecified atom stereocenters. The Morgan fingerprint density at radius 2 is 1.61 bits per heavy atom. The number of ether oxygens (including phenoxy) is 1. The zero-order chi connectivity index (χ0) is 39.8. The Kier molecular flexibility index (Phi) is 10.2. The fourth-order valence-corrected chi connectivity index (χ4v) is 8.24. The molecule has 1 saturated carbocycles.